The number of hydrogen-bond donors (Lipinski definition) is 7. The first-order valence-electron chi connectivity index (χ1n) is 20.3. The largest absolute Gasteiger partial charge is 0.394 e. The van der Waals surface area contributed by atoms with Crippen LogP contribution in [0.5, 0.6) is 0 Å². The number of nitrogens with one attached hydrogen (secondary N) is 1. The Kier molecular flexibility index (Phi) is 29.6. The first-order chi connectivity index (χ1) is 24.8. The number of carbonyl (C=O) groups excluding carboxylic acids is 1. The third-order valence-corrected chi connectivity index (χ3v) is 9.58. The lowest BCUT2D eigenvalue weighted by atomic mass is 9.99. The smallest absolute Gasteiger partial charge is 0.249 e. The molecule has 0 bridgehead atoms. The predicted molar refractivity (Wildman–Crippen MR) is 204 cm³/mol. The van der Waals surface area contributed by atoms with Crippen molar-refractivity contribution in [1.29, 1.82) is 0 Å². The quantitative estimate of drug-likeness (QED) is 0.0311. The monoisotopic (exact) mass is 726 g/mol. The molecule has 10 nitrogen and oxygen atoms in total. The van der Waals surface area contributed by atoms with E-state index in [2.05, 4.69) is 31.3 Å². The van der Waals surface area contributed by atoms with E-state index in [1.165, 1.54) is 103 Å². The zero-order valence-electron chi connectivity index (χ0n) is 32.0. The number of ether oxygens (including phenoxy) is 2. The van der Waals surface area contributed by atoms with Crippen molar-refractivity contribution in [2.75, 3.05) is 13.2 Å². The molecule has 1 aliphatic heterocycles. The number of aliphatic hydroxyl groups excluding tert-OH is 6. The molecule has 1 amide bonds. The summed E-state index contributed by atoms with van der Waals surface area (Å²) < 4.78 is 11.1. The molecule has 1 saturated heterocycles. The van der Waals surface area contributed by atoms with Gasteiger partial charge >= 0.3 is 0 Å². The molecule has 0 aromatic heterocycles. The van der Waals surface area contributed by atoms with Crippen molar-refractivity contribution in [3.63, 3.8) is 0 Å². The Morgan fingerprint density at radius 1 is 0.686 bits per heavy atom. The summed E-state index contributed by atoms with van der Waals surface area (Å²) in [6.45, 7) is 3.52. The molecule has 0 aliphatic carbocycles. The van der Waals surface area contributed by atoms with Crippen LogP contribution >= 0.6 is 0 Å². The summed E-state index contributed by atoms with van der Waals surface area (Å²) in [7, 11) is 0. The molecule has 298 valence electrons. The minimum Gasteiger partial charge on any atom is -0.394 e. The highest BCUT2D eigenvalue weighted by Gasteiger charge is 2.44. The number of hydrogen-bond acceptors (Lipinski definition) is 9. The number of aliphatic hydroxyl groups is 6. The fourth-order valence-electron chi connectivity index (χ4n) is 6.14. The van der Waals surface area contributed by atoms with E-state index >= 15 is 0 Å². The molecule has 8 atom stereocenters. The van der Waals surface area contributed by atoms with Crippen molar-refractivity contribution < 1.29 is 44.9 Å². The van der Waals surface area contributed by atoms with Gasteiger partial charge in [-0.15, -0.1) is 0 Å². The van der Waals surface area contributed by atoms with E-state index in [4.69, 9.17) is 9.47 Å². The molecule has 10 heteroatoms. The average molecular weight is 726 g/mol. The van der Waals surface area contributed by atoms with Gasteiger partial charge in [-0.25, -0.2) is 0 Å². The number of carbonyl (C=O) groups is 1. The van der Waals surface area contributed by atoms with Gasteiger partial charge in [-0.05, 0) is 32.1 Å². The van der Waals surface area contributed by atoms with Gasteiger partial charge in [0, 0.05) is 6.42 Å². The van der Waals surface area contributed by atoms with Gasteiger partial charge in [0.2, 0.25) is 5.91 Å². The van der Waals surface area contributed by atoms with Crippen molar-refractivity contribution >= 4 is 5.91 Å². The van der Waals surface area contributed by atoms with Gasteiger partial charge in [0.15, 0.2) is 6.29 Å². The summed E-state index contributed by atoms with van der Waals surface area (Å²) in [6.07, 6.45) is 26.8. The standard InChI is InChI=1S/C41H75NO9/c1-3-5-7-9-11-13-15-17-18-20-21-23-25-27-29-34(44)33(32-50-41-39(48)38(47)37(46)36(31-43)51-41)42-40(49)35(45)30-28-26-24-22-19-16-14-12-10-8-6-4-2/h19,22,26-29,33-39,41,43-48H,3-18,20-21,23-25,30-32H2,1-2H3,(H,42,49)/b22-19-,28-26-,29-27+. The maximum Gasteiger partial charge on any atom is 0.249 e. The summed E-state index contributed by atoms with van der Waals surface area (Å²) in [5.41, 5.74) is 0. The van der Waals surface area contributed by atoms with Crippen molar-refractivity contribution in [3.8, 4) is 0 Å². The zero-order chi connectivity index (χ0) is 37.5. The normalized spacial score (nSPS) is 23.0. The second-order valence-electron chi connectivity index (χ2n) is 14.2. The summed E-state index contributed by atoms with van der Waals surface area (Å²) in [6, 6.07) is -1.01. The Morgan fingerprint density at radius 3 is 1.75 bits per heavy atom. The fourth-order valence-corrected chi connectivity index (χ4v) is 6.14. The zero-order valence-corrected chi connectivity index (χ0v) is 32.0. The van der Waals surface area contributed by atoms with Crippen LogP contribution in [-0.2, 0) is 14.3 Å². The Labute approximate surface area is 309 Å². The SMILES string of the molecule is CCCCCCCC/C=C\C/C=C\CC(O)C(=O)NC(COC1OC(CO)C(O)C(O)C1O)C(O)/C=C/CCCCCCCCCCCCCC. The lowest BCUT2D eigenvalue weighted by Gasteiger charge is -2.40. The molecule has 1 fully saturated rings. The van der Waals surface area contributed by atoms with Gasteiger partial charge in [0.25, 0.3) is 0 Å². The van der Waals surface area contributed by atoms with E-state index in [0.717, 1.165) is 25.7 Å². The first-order valence-corrected chi connectivity index (χ1v) is 20.3. The van der Waals surface area contributed by atoms with Gasteiger partial charge in [0.1, 0.15) is 30.5 Å². The van der Waals surface area contributed by atoms with Gasteiger partial charge in [-0.2, -0.15) is 0 Å². The van der Waals surface area contributed by atoms with Gasteiger partial charge in [-0.3, -0.25) is 4.79 Å². The summed E-state index contributed by atoms with van der Waals surface area (Å²) >= 11 is 0. The molecule has 0 aromatic carbocycles. The van der Waals surface area contributed by atoms with E-state index in [9.17, 15) is 35.4 Å². The topological polar surface area (TPSA) is 169 Å². The minimum atomic E-state index is -1.62. The minimum absolute atomic E-state index is 0.0995. The third-order valence-electron chi connectivity index (χ3n) is 9.58. The molecular weight excluding hydrogens is 650 g/mol. The van der Waals surface area contributed by atoms with E-state index in [-0.39, 0.29) is 13.0 Å². The van der Waals surface area contributed by atoms with E-state index in [1.807, 2.05) is 12.2 Å². The van der Waals surface area contributed by atoms with Crippen LogP contribution in [0, 0.1) is 0 Å². The Morgan fingerprint density at radius 2 is 1.20 bits per heavy atom. The summed E-state index contributed by atoms with van der Waals surface area (Å²) in [5, 5.41) is 64.2. The van der Waals surface area contributed by atoms with Crippen LogP contribution in [0.2, 0.25) is 0 Å². The number of rotatable bonds is 32. The van der Waals surface area contributed by atoms with E-state index in [1.54, 1.807) is 12.2 Å². The van der Waals surface area contributed by atoms with Crippen LogP contribution in [0.3, 0.4) is 0 Å². The van der Waals surface area contributed by atoms with Crippen LogP contribution in [0.4, 0.5) is 0 Å². The Hall–Kier alpha value is -1.63. The lowest BCUT2D eigenvalue weighted by Crippen LogP contribution is -2.60. The van der Waals surface area contributed by atoms with Crippen LogP contribution in [0.25, 0.3) is 0 Å². The van der Waals surface area contributed by atoms with Crippen molar-refractivity contribution in [1.82, 2.24) is 5.32 Å². The molecular formula is C41H75NO9. The first kappa shape index (κ1) is 47.4. The molecule has 51 heavy (non-hydrogen) atoms. The maximum absolute atomic E-state index is 12.9. The highest BCUT2D eigenvalue weighted by Crippen LogP contribution is 2.22. The third kappa shape index (κ3) is 22.9. The highest BCUT2D eigenvalue weighted by atomic mass is 16.7. The molecule has 8 unspecified atom stereocenters. The second-order valence-corrected chi connectivity index (χ2v) is 14.2. The van der Waals surface area contributed by atoms with Gasteiger partial charge in [-0.1, -0.05) is 153 Å². The maximum atomic E-state index is 12.9. The van der Waals surface area contributed by atoms with Crippen LogP contribution in [0.15, 0.2) is 36.5 Å². The molecule has 0 radical (unpaired) electrons. The van der Waals surface area contributed by atoms with Crippen molar-refractivity contribution in [3.05, 3.63) is 36.5 Å². The van der Waals surface area contributed by atoms with Gasteiger partial charge < -0.3 is 45.4 Å². The molecule has 0 spiro atoms. The molecule has 0 aromatic rings. The number of amides is 1. The predicted octanol–water partition coefficient (Wildman–Crippen LogP) is 6.30. The van der Waals surface area contributed by atoms with E-state index in [0.29, 0.717) is 6.42 Å². The molecule has 1 heterocycles. The highest BCUT2D eigenvalue weighted by molar-refractivity contribution is 5.81. The fraction of sp³-hybridized carbons (Fsp3) is 0.829. The Bertz CT molecular complexity index is 912. The molecule has 0 saturated carbocycles. The molecule has 1 rings (SSSR count). The van der Waals surface area contributed by atoms with Crippen LogP contribution in [-0.4, -0.2) is 98.7 Å². The van der Waals surface area contributed by atoms with Crippen LogP contribution in [0.1, 0.15) is 155 Å². The lowest BCUT2D eigenvalue weighted by molar-refractivity contribution is -0.302. The van der Waals surface area contributed by atoms with Gasteiger partial charge in [0.05, 0.1) is 25.4 Å². The van der Waals surface area contributed by atoms with Crippen molar-refractivity contribution in [2.24, 2.45) is 0 Å². The van der Waals surface area contributed by atoms with E-state index < -0.39 is 61.5 Å². The number of unbranched alkanes of at least 4 members (excludes halogenated alkanes) is 18. The molecule has 7 N–H and O–H groups in total. The molecule has 1 aliphatic rings. The van der Waals surface area contributed by atoms with Crippen molar-refractivity contribution in [2.45, 2.75) is 204 Å². The average Bonchev–Trinajstić information content (AvgIpc) is 3.13. The second kappa shape index (κ2) is 31.9. The number of allylic oxidation sites excluding steroid dienone is 4. The summed E-state index contributed by atoms with van der Waals surface area (Å²) in [4.78, 5) is 12.9. The van der Waals surface area contributed by atoms with Crippen LogP contribution < -0.4 is 5.32 Å². The Balaban J connectivity index is 2.56. The summed E-state index contributed by atoms with van der Waals surface area (Å²) in [5.74, 6) is -0.686.